The van der Waals surface area contributed by atoms with E-state index in [2.05, 4.69) is 11.8 Å². The molecule has 1 aliphatic rings. The number of hydrogen-bond donors (Lipinski definition) is 1. The molecule has 1 aromatic rings. The van der Waals surface area contributed by atoms with Crippen molar-refractivity contribution >= 4 is 21.4 Å². The molecule has 1 saturated carbocycles. The minimum absolute atomic E-state index is 0.192. The van der Waals surface area contributed by atoms with Crippen LogP contribution in [0.5, 0.6) is 0 Å². The topological polar surface area (TPSA) is 66.6 Å². The molecule has 1 fully saturated rings. The maximum atomic E-state index is 12.3. The number of rotatable bonds is 6. The summed E-state index contributed by atoms with van der Waals surface area (Å²) in [6.45, 7) is 3.85. The minimum atomic E-state index is -3.51. The SMILES string of the molecule is CCN(CC1CCC1)c1cccc(S(=O)(=O)N(C)C)c1N. The molecule has 2 N–H and O–H groups in total. The van der Waals surface area contributed by atoms with Gasteiger partial charge in [0.15, 0.2) is 0 Å². The number of sulfonamides is 1. The van der Waals surface area contributed by atoms with Crippen LogP contribution in [0.4, 0.5) is 11.4 Å². The predicted molar refractivity (Wildman–Crippen MR) is 87.0 cm³/mol. The van der Waals surface area contributed by atoms with Crippen molar-refractivity contribution in [1.29, 1.82) is 0 Å². The highest BCUT2D eigenvalue weighted by Crippen LogP contribution is 2.34. The van der Waals surface area contributed by atoms with Crippen LogP contribution in [0.3, 0.4) is 0 Å². The van der Waals surface area contributed by atoms with Crippen molar-refractivity contribution in [2.24, 2.45) is 5.92 Å². The van der Waals surface area contributed by atoms with E-state index < -0.39 is 10.0 Å². The zero-order chi connectivity index (χ0) is 15.6. The summed E-state index contributed by atoms with van der Waals surface area (Å²) < 4.78 is 25.9. The zero-order valence-corrected chi connectivity index (χ0v) is 13.9. The molecule has 0 saturated heterocycles. The second-order valence-corrected chi connectivity index (χ2v) is 7.93. The molecule has 2 rings (SSSR count). The molecule has 0 radical (unpaired) electrons. The van der Waals surface area contributed by atoms with Crippen molar-refractivity contribution < 1.29 is 8.42 Å². The molecule has 0 unspecified atom stereocenters. The van der Waals surface area contributed by atoms with E-state index in [1.807, 2.05) is 6.07 Å². The van der Waals surface area contributed by atoms with E-state index in [4.69, 9.17) is 5.73 Å². The molecular weight excluding hydrogens is 286 g/mol. The fourth-order valence-electron chi connectivity index (χ4n) is 2.61. The summed E-state index contributed by atoms with van der Waals surface area (Å²) >= 11 is 0. The molecule has 21 heavy (non-hydrogen) atoms. The van der Waals surface area contributed by atoms with Crippen molar-refractivity contribution in [3.05, 3.63) is 18.2 Å². The minimum Gasteiger partial charge on any atom is -0.396 e. The predicted octanol–water partition coefficient (Wildman–Crippen LogP) is 2.15. The molecule has 0 aromatic heterocycles. The van der Waals surface area contributed by atoms with E-state index >= 15 is 0 Å². The summed E-state index contributed by atoms with van der Waals surface area (Å²) in [5.41, 5.74) is 7.35. The van der Waals surface area contributed by atoms with Gasteiger partial charge in [0.25, 0.3) is 0 Å². The number of nitrogen functional groups attached to an aromatic ring is 1. The zero-order valence-electron chi connectivity index (χ0n) is 13.0. The lowest BCUT2D eigenvalue weighted by Crippen LogP contribution is -2.33. The van der Waals surface area contributed by atoms with Gasteiger partial charge in [-0.2, -0.15) is 0 Å². The first-order valence-corrected chi connectivity index (χ1v) is 8.88. The van der Waals surface area contributed by atoms with Gasteiger partial charge in [0.05, 0.1) is 11.4 Å². The Morgan fingerprint density at radius 3 is 2.43 bits per heavy atom. The quantitative estimate of drug-likeness (QED) is 0.818. The van der Waals surface area contributed by atoms with Gasteiger partial charge in [-0.1, -0.05) is 12.5 Å². The summed E-state index contributed by atoms with van der Waals surface area (Å²) in [6.07, 6.45) is 3.81. The van der Waals surface area contributed by atoms with Crippen LogP contribution in [0, 0.1) is 5.92 Å². The maximum absolute atomic E-state index is 12.3. The largest absolute Gasteiger partial charge is 0.396 e. The second kappa shape index (κ2) is 6.23. The van der Waals surface area contributed by atoms with Crippen LogP contribution in [-0.2, 0) is 10.0 Å². The standard InChI is InChI=1S/C15H25N3O2S/c1-4-18(11-12-7-5-8-12)13-9-6-10-14(15(13)16)21(19,20)17(2)3/h6,9-10,12H,4-5,7-8,11,16H2,1-3H3. The average Bonchev–Trinajstić information content (AvgIpc) is 2.38. The molecule has 6 heteroatoms. The molecule has 0 atom stereocenters. The number of nitrogens with zero attached hydrogens (tertiary/aromatic N) is 2. The molecule has 5 nitrogen and oxygen atoms in total. The second-order valence-electron chi connectivity index (χ2n) is 5.81. The van der Waals surface area contributed by atoms with E-state index in [-0.39, 0.29) is 4.90 Å². The Bertz CT molecular complexity index is 595. The Labute approximate surface area is 127 Å². The summed E-state index contributed by atoms with van der Waals surface area (Å²) in [7, 11) is -0.468. The highest BCUT2D eigenvalue weighted by atomic mass is 32.2. The van der Waals surface area contributed by atoms with Crippen LogP contribution in [0.1, 0.15) is 26.2 Å². The highest BCUT2D eigenvalue weighted by Gasteiger charge is 2.25. The molecule has 0 spiro atoms. The van der Waals surface area contributed by atoms with Gasteiger partial charge >= 0.3 is 0 Å². The van der Waals surface area contributed by atoms with Gasteiger partial charge in [0, 0.05) is 27.2 Å². The monoisotopic (exact) mass is 311 g/mol. The lowest BCUT2D eigenvalue weighted by molar-refractivity contribution is 0.318. The molecule has 1 aliphatic carbocycles. The molecule has 0 heterocycles. The molecule has 0 aliphatic heterocycles. The Morgan fingerprint density at radius 1 is 1.29 bits per heavy atom. The van der Waals surface area contributed by atoms with Gasteiger partial charge in [-0.25, -0.2) is 12.7 Å². The number of anilines is 2. The third-order valence-electron chi connectivity index (χ3n) is 4.23. The maximum Gasteiger partial charge on any atom is 0.244 e. The highest BCUT2D eigenvalue weighted by molar-refractivity contribution is 7.89. The van der Waals surface area contributed by atoms with E-state index in [1.165, 1.54) is 37.7 Å². The Kier molecular flexibility index (Phi) is 4.78. The van der Waals surface area contributed by atoms with Crippen LogP contribution in [0.25, 0.3) is 0 Å². The van der Waals surface area contributed by atoms with Crippen molar-refractivity contribution in [1.82, 2.24) is 4.31 Å². The van der Waals surface area contributed by atoms with Gasteiger partial charge in [0.2, 0.25) is 10.0 Å². The van der Waals surface area contributed by atoms with Crippen LogP contribution >= 0.6 is 0 Å². The number of benzene rings is 1. The van der Waals surface area contributed by atoms with Gasteiger partial charge in [0.1, 0.15) is 4.90 Å². The average molecular weight is 311 g/mol. The van der Waals surface area contributed by atoms with E-state index in [1.54, 1.807) is 12.1 Å². The van der Waals surface area contributed by atoms with Gasteiger partial charge in [-0.3, -0.25) is 0 Å². The van der Waals surface area contributed by atoms with E-state index in [9.17, 15) is 8.42 Å². The van der Waals surface area contributed by atoms with Crippen molar-refractivity contribution in [2.45, 2.75) is 31.1 Å². The summed E-state index contributed by atoms with van der Waals surface area (Å²) in [5.74, 6) is 0.707. The smallest absolute Gasteiger partial charge is 0.244 e. The normalized spacial score (nSPS) is 16.0. The van der Waals surface area contributed by atoms with Crippen LogP contribution < -0.4 is 10.6 Å². The fraction of sp³-hybridized carbons (Fsp3) is 0.600. The lowest BCUT2D eigenvalue weighted by atomic mass is 9.85. The van der Waals surface area contributed by atoms with Gasteiger partial charge in [-0.05, 0) is 37.8 Å². The third kappa shape index (κ3) is 3.16. The van der Waals surface area contributed by atoms with Crippen LogP contribution in [0.2, 0.25) is 0 Å². The van der Waals surface area contributed by atoms with Gasteiger partial charge < -0.3 is 10.6 Å². The lowest BCUT2D eigenvalue weighted by Gasteiger charge is -2.34. The molecule has 118 valence electrons. The molecule has 0 bridgehead atoms. The number of para-hydroxylation sites is 1. The Hall–Kier alpha value is -1.27. The first-order valence-electron chi connectivity index (χ1n) is 7.44. The first kappa shape index (κ1) is 16.1. The van der Waals surface area contributed by atoms with Crippen molar-refractivity contribution in [3.63, 3.8) is 0 Å². The molecule has 1 aromatic carbocycles. The summed E-state index contributed by atoms with van der Waals surface area (Å²) in [4.78, 5) is 2.38. The van der Waals surface area contributed by atoms with Crippen LogP contribution in [-0.4, -0.2) is 39.9 Å². The summed E-state index contributed by atoms with van der Waals surface area (Å²) in [5, 5.41) is 0. The van der Waals surface area contributed by atoms with E-state index in [0.717, 1.165) is 18.8 Å². The fourth-order valence-corrected chi connectivity index (χ4v) is 3.64. The van der Waals surface area contributed by atoms with E-state index in [0.29, 0.717) is 11.6 Å². The Morgan fingerprint density at radius 2 is 1.95 bits per heavy atom. The molecule has 0 amide bonds. The third-order valence-corrected chi connectivity index (χ3v) is 6.10. The summed E-state index contributed by atoms with van der Waals surface area (Å²) in [6, 6.07) is 5.25. The number of nitrogens with two attached hydrogens (primary N) is 1. The first-order chi connectivity index (χ1) is 9.87. The van der Waals surface area contributed by atoms with Gasteiger partial charge in [-0.15, -0.1) is 0 Å². The van der Waals surface area contributed by atoms with Crippen molar-refractivity contribution in [2.75, 3.05) is 37.8 Å². The van der Waals surface area contributed by atoms with Crippen molar-refractivity contribution in [3.8, 4) is 0 Å². The molecular formula is C15H25N3O2S. The van der Waals surface area contributed by atoms with Crippen LogP contribution in [0.15, 0.2) is 23.1 Å². The number of hydrogen-bond acceptors (Lipinski definition) is 4. The Balaban J connectivity index is 2.36.